The first-order valence-corrected chi connectivity index (χ1v) is 9.16. The van der Waals surface area contributed by atoms with E-state index < -0.39 is 0 Å². The van der Waals surface area contributed by atoms with Crippen LogP contribution in [0.4, 0.5) is 10.8 Å². The zero-order valence-electron chi connectivity index (χ0n) is 14.5. The largest absolute Gasteiger partial charge is 0.341 e. The molecule has 4 aromatic rings. The van der Waals surface area contributed by atoms with Crippen LogP contribution in [-0.4, -0.2) is 15.3 Å². The summed E-state index contributed by atoms with van der Waals surface area (Å²) < 4.78 is 2.33. The van der Waals surface area contributed by atoms with Crippen molar-refractivity contribution in [3.8, 4) is 0 Å². The van der Waals surface area contributed by atoms with Crippen molar-refractivity contribution in [2.75, 3.05) is 5.32 Å². The van der Waals surface area contributed by atoms with Gasteiger partial charge in [-0.3, -0.25) is 4.79 Å². The number of Topliss-reactive ketones (excluding diaryl/α,β-unsaturated/α-hetero) is 1. The molecule has 0 fully saturated rings. The predicted octanol–water partition coefficient (Wildman–Crippen LogP) is 5.53. The molecule has 0 amide bonds. The Labute approximate surface area is 150 Å². The van der Waals surface area contributed by atoms with E-state index in [1.165, 1.54) is 33.1 Å². The predicted molar refractivity (Wildman–Crippen MR) is 105 cm³/mol. The first-order chi connectivity index (χ1) is 12.1. The number of para-hydroxylation sites is 1. The van der Waals surface area contributed by atoms with E-state index in [-0.39, 0.29) is 5.78 Å². The van der Waals surface area contributed by atoms with E-state index in [1.54, 1.807) is 6.92 Å². The van der Waals surface area contributed by atoms with E-state index in [2.05, 4.69) is 64.3 Å². The minimum atomic E-state index is 0.0597. The number of anilines is 2. The van der Waals surface area contributed by atoms with Gasteiger partial charge in [0.25, 0.3) is 0 Å². The number of nitrogens with zero attached hydrogens (tertiary/aromatic N) is 2. The Morgan fingerprint density at radius 1 is 1.16 bits per heavy atom. The van der Waals surface area contributed by atoms with Crippen LogP contribution in [0.15, 0.2) is 42.5 Å². The number of aromatic nitrogens is 2. The number of aryl methyl sites for hydroxylation is 2. The van der Waals surface area contributed by atoms with E-state index >= 15 is 0 Å². The Kier molecular flexibility index (Phi) is 3.81. The first-order valence-electron chi connectivity index (χ1n) is 8.35. The molecule has 0 unspecified atom stereocenters. The van der Waals surface area contributed by atoms with Crippen LogP contribution >= 0.6 is 11.3 Å². The molecule has 5 heteroatoms. The van der Waals surface area contributed by atoms with Crippen LogP contribution < -0.4 is 5.32 Å². The smallest absolute Gasteiger partial charge is 0.188 e. The number of carbonyl (C=O) groups is 1. The van der Waals surface area contributed by atoms with E-state index in [0.29, 0.717) is 4.88 Å². The van der Waals surface area contributed by atoms with Crippen molar-refractivity contribution in [3.05, 3.63) is 53.0 Å². The van der Waals surface area contributed by atoms with Crippen LogP contribution in [0, 0.1) is 6.92 Å². The van der Waals surface area contributed by atoms with Crippen molar-refractivity contribution in [3.63, 3.8) is 0 Å². The van der Waals surface area contributed by atoms with Crippen LogP contribution in [0.2, 0.25) is 0 Å². The number of rotatable bonds is 4. The highest BCUT2D eigenvalue weighted by molar-refractivity contribution is 7.17. The second kappa shape index (κ2) is 6.01. The third kappa shape index (κ3) is 2.61. The van der Waals surface area contributed by atoms with Crippen LogP contribution in [0.25, 0.3) is 21.8 Å². The molecule has 2 heterocycles. The van der Waals surface area contributed by atoms with Crippen LogP contribution in [0.3, 0.4) is 0 Å². The standard InChI is InChI=1S/C20H19N3OS/c1-4-23-17-8-6-5-7-15(17)16-11-14(9-10-18(16)23)22-20-21-12(2)19(25-20)13(3)24/h5-11H,4H2,1-3H3,(H,21,22). The molecule has 126 valence electrons. The van der Waals surface area contributed by atoms with Gasteiger partial charge in [-0.05, 0) is 38.1 Å². The average molecular weight is 349 g/mol. The first kappa shape index (κ1) is 15.8. The molecule has 1 N–H and O–H groups in total. The maximum Gasteiger partial charge on any atom is 0.188 e. The van der Waals surface area contributed by atoms with Crippen molar-refractivity contribution in [1.29, 1.82) is 0 Å². The lowest BCUT2D eigenvalue weighted by molar-refractivity contribution is 0.102. The molecule has 4 rings (SSSR count). The summed E-state index contributed by atoms with van der Waals surface area (Å²) in [6.45, 7) is 6.55. The van der Waals surface area contributed by atoms with Gasteiger partial charge in [-0.15, -0.1) is 0 Å². The molecule has 0 bridgehead atoms. The Bertz CT molecular complexity index is 1110. The third-order valence-corrected chi connectivity index (χ3v) is 5.63. The summed E-state index contributed by atoms with van der Waals surface area (Å²) in [5, 5.41) is 6.58. The third-order valence-electron chi connectivity index (χ3n) is 4.46. The molecular formula is C20H19N3OS. The number of hydrogen-bond donors (Lipinski definition) is 1. The van der Waals surface area contributed by atoms with Crippen molar-refractivity contribution in [1.82, 2.24) is 9.55 Å². The summed E-state index contributed by atoms with van der Waals surface area (Å²) in [5.41, 5.74) is 4.24. The lowest BCUT2D eigenvalue weighted by atomic mass is 10.1. The van der Waals surface area contributed by atoms with Gasteiger partial charge in [0, 0.05) is 41.0 Å². The maximum atomic E-state index is 11.6. The average Bonchev–Trinajstić information content (AvgIpc) is 3.12. The summed E-state index contributed by atoms with van der Waals surface area (Å²) in [6, 6.07) is 14.8. The molecule has 2 aromatic carbocycles. The van der Waals surface area contributed by atoms with Gasteiger partial charge >= 0.3 is 0 Å². The fraction of sp³-hybridized carbons (Fsp3) is 0.200. The SMILES string of the molecule is CCn1c2ccccc2c2cc(Nc3nc(C)c(C(C)=O)s3)ccc21. The number of fused-ring (bicyclic) bond motifs is 3. The summed E-state index contributed by atoms with van der Waals surface area (Å²) in [4.78, 5) is 16.8. The van der Waals surface area contributed by atoms with Crippen molar-refractivity contribution in [2.45, 2.75) is 27.3 Å². The molecule has 0 saturated carbocycles. The highest BCUT2D eigenvalue weighted by atomic mass is 32.1. The van der Waals surface area contributed by atoms with Gasteiger partial charge in [-0.2, -0.15) is 0 Å². The molecule has 0 aliphatic carbocycles. The summed E-state index contributed by atoms with van der Waals surface area (Å²) >= 11 is 1.40. The molecule has 0 aliphatic heterocycles. The topological polar surface area (TPSA) is 46.9 Å². The fourth-order valence-corrected chi connectivity index (χ4v) is 4.25. The Balaban J connectivity index is 1.80. The molecule has 0 radical (unpaired) electrons. The van der Waals surface area contributed by atoms with Crippen molar-refractivity contribution in [2.24, 2.45) is 0 Å². The Morgan fingerprint density at radius 3 is 2.64 bits per heavy atom. The zero-order chi connectivity index (χ0) is 17.6. The summed E-state index contributed by atoms with van der Waals surface area (Å²) in [5.74, 6) is 0.0597. The van der Waals surface area contributed by atoms with Gasteiger partial charge in [0.2, 0.25) is 0 Å². The highest BCUT2D eigenvalue weighted by Crippen LogP contribution is 2.33. The maximum absolute atomic E-state index is 11.6. The lowest BCUT2D eigenvalue weighted by Crippen LogP contribution is -1.93. The van der Waals surface area contributed by atoms with E-state index in [9.17, 15) is 4.79 Å². The van der Waals surface area contributed by atoms with Gasteiger partial charge in [0.1, 0.15) is 0 Å². The van der Waals surface area contributed by atoms with Gasteiger partial charge in [-0.1, -0.05) is 29.5 Å². The molecule has 0 saturated heterocycles. The van der Waals surface area contributed by atoms with Gasteiger partial charge in [-0.25, -0.2) is 4.98 Å². The second-order valence-corrected chi connectivity index (χ2v) is 7.11. The normalized spacial score (nSPS) is 11.3. The molecule has 0 spiro atoms. The molecule has 0 aliphatic rings. The number of benzene rings is 2. The van der Waals surface area contributed by atoms with Crippen LogP contribution in [0.5, 0.6) is 0 Å². The summed E-state index contributed by atoms with van der Waals surface area (Å²) in [7, 11) is 0. The van der Waals surface area contributed by atoms with Gasteiger partial charge in [0.15, 0.2) is 10.9 Å². The fourth-order valence-electron chi connectivity index (χ4n) is 3.37. The monoisotopic (exact) mass is 349 g/mol. The zero-order valence-corrected chi connectivity index (χ0v) is 15.3. The van der Waals surface area contributed by atoms with E-state index in [1.807, 2.05) is 6.92 Å². The van der Waals surface area contributed by atoms with Crippen LogP contribution in [0.1, 0.15) is 29.2 Å². The van der Waals surface area contributed by atoms with E-state index in [0.717, 1.165) is 23.1 Å². The molecule has 2 aromatic heterocycles. The molecule has 4 nitrogen and oxygen atoms in total. The quantitative estimate of drug-likeness (QED) is 0.493. The Hall–Kier alpha value is -2.66. The summed E-state index contributed by atoms with van der Waals surface area (Å²) in [6.07, 6.45) is 0. The molecule has 25 heavy (non-hydrogen) atoms. The van der Waals surface area contributed by atoms with Gasteiger partial charge < -0.3 is 9.88 Å². The van der Waals surface area contributed by atoms with Gasteiger partial charge in [0.05, 0.1) is 10.6 Å². The lowest BCUT2D eigenvalue weighted by Gasteiger charge is -2.05. The highest BCUT2D eigenvalue weighted by Gasteiger charge is 2.13. The number of carbonyl (C=O) groups excluding carboxylic acids is 1. The van der Waals surface area contributed by atoms with E-state index in [4.69, 9.17) is 0 Å². The molecular weight excluding hydrogens is 330 g/mol. The minimum Gasteiger partial charge on any atom is -0.341 e. The number of thiazole rings is 1. The van der Waals surface area contributed by atoms with Crippen molar-refractivity contribution < 1.29 is 4.79 Å². The minimum absolute atomic E-state index is 0.0597. The Morgan fingerprint density at radius 2 is 1.92 bits per heavy atom. The van der Waals surface area contributed by atoms with Crippen molar-refractivity contribution >= 4 is 49.7 Å². The second-order valence-electron chi connectivity index (χ2n) is 6.11. The van der Waals surface area contributed by atoms with Crippen LogP contribution in [-0.2, 0) is 6.54 Å². The molecule has 0 atom stereocenters. The number of nitrogens with one attached hydrogen (secondary N) is 1. The number of ketones is 1. The number of hydrogen-bond acceptors (Lipinski definition) is 4.